The molecule has 4 rings (SSSR count). The van der Waals surface area contributed by atoms with Crippen molar-refractivity contribution in [1.82, 2.24) is 21.3 Å². The zero-order valence-electron chi connectivity index (χ0n) is 21.6. The van der Waals surface area contributed by atoms with Gasteiger partial charge in [-0.3, -0.25) is 14.4 Å². The van der Waals surface area contributed by atoms with Crippen molar-refractivity contribution in [2.75, 3.05) is 33.3 Å². The molecule has 2 aromatic rings. The molecule has 4 N–H and O–H groups in total. The molecule has 0 unspecified atom stereocenters. The number of hydrogen-bond acceptors (Lipinski definition) is 6. The maximum Gasteiger partial charge on any atom is 0.252 e. The lowest BCUT2D eigenvalue weighted by atomic mass is 9.86. The Balaban J connectivity index is 1.37. The van der Waals surface area contributed by atoms with E-state index in [1.807, 2.05) is 0 Å². The normalized spacial score (nSPS) is 16.9. The molecule has 0 radical (unpaired) electrons. The highest BCUT2D eigenvalue weighted by Gasteiger charge is 2.41. The summed E-state index contributed by atoms with van der Waals surface area (Å²) in [6.07, 6.45) is 5.23. The Hall–Kier alpha value is -3.30. The lowest BCUT2D eigenvalue weighted by molar-refractivity contribution is -0.128. The zero-order chi connectivity index (χ0) is 27.0. The number of carbonyl (C=O) groups is 3. The van der Waals surface area contributed by atoms with Gasteiger partial charge in [0.15, 0.2) is 11.5 Å². The molecule has 0 aromatic heterocycles. The monoisotopic (exact) mass is 542 g/mol. The smallest absolute Gasteiger partial charge is 0.252 e. The van der Waals surface area contributed by atoms with E-state index < -0.39 is 5.54 Å². The van der Waals surface area contributed by atoms with E-state index in [1.54, 1.807) is 49.6 Å². The highest BCUT2D eigenvalue weighted by Crippen LogP contribution is 2.33. The molecule has 1 aliphatic heterocycles. The van der Waals surface area contributed by atoms with Crippen LogP contribution < -0.4 is 30.7 Å². The molecule has 1 saturated heterocycles. The number of hydrogen-bond donors (Lipinski definition) is 4. The van der Waals surface area contributed by atoms with Crippen molar-refractivity contribution >= 4 is 29.3 Å². The van der Waals surface area contributed by atoms with Crippen molar-refractivity contribution < 1.29 is 23.9 Å². The fourth-order valence-electron chi connectivity index (χ4n) is 4.87. The number of nitrogens with one attached hydrogen (secondary N) is 4. The fourth-order valence-corrected chi connectivity index (χ4v) is 5.00. The number of halogens is 1. The molecule has 1 aliphatic carbocycles. The van der Waals surface area contributed by atoms with E-state index in [0.29, 0.717) is 53.6 Å². The number of rotatable bonds is 10. The summed E-state index contributed by atoms with van der Waals surface area (Å²) >= 11 is 5.87. The van der Waals surface area contributed by atoms with Crippen LogP contribution >= 0.6 is 11.6 Å². The molecule has 10 heteroatoms. The maximum absolute atomic E-state index is 13.3. The third-order valence-corrected chi connectivity index (χ3v) is 7.32. The van der Waals surface area contributed by atoms with Crippen molar-refractivity contribution in [3.8, 4) is 11.5 Å². The maximum atomic E-state index is 13.3. The van der Waals surface area contributed by atoms with Gasteiger partial charge in [0.1, 0.15) is 5.54 Å². The van der Waals surface area contributed by atoms with Gasteiger partial charge >= 0.3 is 0 Å². The van der Waals surface area contributed by atoms with Crippen molar-refractivity contribution in [3.63, 3.8) is 0 Å². The van der Waals surface area contributed by atoms with Gasteiger partial charge in [0.25, 0.3) is 11.8 Å². The molecule has 9 nitrogen and oxygen atoms in total. The minimum atomic E-state index is -1.06. The van der Waals surface area contributed by atoms with Crippen LogP contribution in [-0.2, 0) is 4.79 Å². The van der Waals surface area contributed by atoms with E-state index in [-0.39, 0.29) is 36.9 Å². The summed E-state index contributed by atoms with van der Waals surface area (Å²) < 4.78 is 11.6. The molecular formula is C28H35ClN4O5. The second kappa shape index (κ2) is 13.0. The van der Waals surface area contributed by atoms with Crippen molar-refractivity contribution in [2.45, 2.75) is 50.2 Å². The number of methoxy groups -OCH3 is 1. The minimum absolute atomic E-state index is 0.115. The van der Waals surface area contributed by atoms with E-state index in [9.17, 15) is 14.4 Å². The Kier molecular flexibility index (Phi) is 9.47. The van der Waals surface area contributed by atoms with Gasteiger partial charge in [-0.05, 0) is 94.1 Å². The van der Waals surface area contributed by atoms with E-state index >= 15 is 0 Å². The molecule has 2 fully saturated rings. The first-order valence-electron chi connectivity index (χ1n) is 13.1. The molecule has 38 heavy (non-hydrogen) atoms. The summed E-state index contributed by atoms with van der Waals surface area (Å²) in [6, 6.07) is 11.7. The molecule has 1 saturated carbocycles. The summed E-state index contributed by atoms with van der Waals surface area (Å²) in [6.45, 7) is 1.67. The topological polar surface area (TPSA) is 118 Å². The summed E-state index contributed by atoms with van der Waals surface area (Å²) in [5, 5.41) is 12.5. The highest BCUT2D eigenvalue weighted by atomic mass is 35.5. The Bertz CT molecular complexity index is 1130. The van der Waals surface area contributed by atoms with Gasteiger partial charge < -0.3 is 30.7 Å². The van der Waals surface area contributed by atoms with Gasteiger partial charge in [-0.15, -0.1) is 0 Å². The summed E-state index contributed by atoms with van der Waals surface area (Å²) in [5.74, 6) is 0.229. The van der Waals surface area contributed by atoms with Crippen LogP contribution in [0.4, 0.5) is 0 Å². The lowest BCUT2D eigenvalue weighted by Crippen LogP contribution is -2.63. The Labute approximate surface area is 228 Å². The predicted molar refractivity (Wildman–Crippen MR) is 145 cm³/mol. The van der Waals surface area contributed by atoms with E-state index in [0.717, 1.165) is 25.7 Å². The Morgan fingerprint density at radius 2 is 1.58 bits per heavy atom. The molecular weight excluding hydrogens is 508 g/mol. The fraction of sp³-hybridized carbons (Fsp3) is 0.464. The molecule has 0 atom stereocenters. The number of piperidine rings is 1. The van der Waals surface area contributed by atoms with Gasteiger partial charge in [0, 0.05) is 29.2 Å². The summed E-state index contributed by atoms with van der Waals surface area (Å²) in [7, 11) is 1.57. The van der Waals surface area contributed by atoms with Crippen LogP contribution in [0.5, 0.6) is 11.5 Å². The van der Waals surface area contributed by atoms with Crippen LogP contribution in [0.15, 0.2) is 42.5 Å². The highest BCUT2D eigenvalue weighted by molar-refractivity contribution is 6.30. The molecule has 1 heterocycles. The number of benzene rings is 2. The zero-order valence-corrected chi connectivity index (χ0v) is 22.4. The second-order valence-corrected chi connectivity index (χ2v) is 10.1. The molecule has 2 aromatic carbocycles. The van der Waals surface area contributed by atoms with Crippen LogP contribution in [0.1, 0.15) is 59.2 Å². The first-order valence-corrected chi connectivity index (χ1v) is 13.5. The van der Waals surface area contributed by atoms with Gasteiger partial charge in [0.2, 0.25) is 5.91 Å². The van der Waals surface area contributed by atoms with Crippen LogP contribution in [0.2, 0.25) is 5.02 Å². The first-order chi connectivity index (χ1) is 18.4. The number of amides is 3. The van der Waals surface area contributed by atoms with Crippen molar-refractivity contribution in [2.24, 2.45) is 0 Å². The predicted octanol–water partition coefficient (Wildman–Crippen LogP) is 3.07. The SMILES string of the molecule is COc1ccc(C(=O)NC2(C(=O)NCCNC(=O)c3ccc(Cl)cc3)CCNCC2)cc1OC1CCCC1. The third kappa shape index (κ3) is 6.96. The van der Waals surface area contributed by atoms with Crippen LogP contribution in [0.3, 0.4) is 0 Å². The Morgan fingerprint density at radius 1 is 0.921 bits per heavy atom. The number of ether oxygens (including phenoxy) is 2. The average molecular weight is 543 g/mol. The Morgan fingerprint density at radius 3 is 2.26 bits per heavy atom. The summed E-state index contributed by atoms with van der Waals surface area (Å²) in [5.41, 5.74) is -0.173. The van der Waals surface area contributed by atoms with Gasteiger partial charge in [-0.2, -0.15) is 0 Å². The molecule has 204 valence electrons. The van der Waals surface area contributed by atoms with Crippen LogP contribution in [0.25, 0.3) is 0 Å². The van der Waals surface area contributed by atoms with E-state index in [2.05, 4.69) is 21.3 Å². The molecule has 0 spiro atoms. The van der Waals surface area contributed by atoms with Gasteiger partial charge in [-0.25, -0.2) is 0 Å². The van der Waals surface area contributed by atoms with E-state index in [4.69, 9.17) is 21.1 Å². The minimum Gasteiger partial charge on any atom is -0.493 e. The second-order valence-electron chi connectivity index (χ2n) is 9.69. The van der Waals surface area contributed by atoms with Crippen molar-refractivity contribution in [3.05, 3.63) is 58.6 Å². The molecule has 3 amide bonds. The molecule has 0 bridgehead atoms. The molecule has 2 aliphatic rings. The average Bonchev–Trinajstić information content (AvgIpc) is 3.45. The van der Waals surface area contributed by atoms with E-state index in [1.165, 1.54) is 0 Å². The van der Waals surface area contributed by atoms with Crippen LogP contribution in [0, 0.1) is 0 Å². The van der Waals surface area contributed by atoms with Crippen LogP contribution in [-0.4, -0.2) is 62.7 Å². The van der Waals surface area contributed by atoms with Gasteiger partial charge in [0.05, 0.1) is 13.2 Å². The third-order valence-electron chi connectivity index (χ3n) is 7.07. The standard InChI is InChI=1S/C28H35ClN4O5/c1-37-23-11-8-20(18-24(23)38-22-4-2-3-5-22)26(35)33-28(12-14-30-15-13-28)27(36)32-17-16-31-25(34)19-6-9-21(29)10-7-19/h6-11,18,22,30H,2-5,12-17H2,1H3,(H,31,34)(H,32,36)(H,33,35). The van der Waals surface area contributed by atoms with Gasteiger partial charge in [-0.1, -0.05) is 11.6 Å². The first kappa shape index (κ1) is 27.7. The number of carbonyl (C=O) groups excluding carboxylic acids is 3. The largest absolute Gasteiger partial charge is 0.493 e. The summed E-state index contributed by atoms with van der Waals surface area (Å²) in [4.78, 5) is 38.9. The lowest BCUT2D eigenvalue weighted by Gasteiger charge is -2.37. The van der Waals surface area contributed by atoms with Crippen molar-refractivity contribution in [1.29, 1.82) is 0 Å². The quantitative estimate of drug-likeness (QED) is 0.343.